The number of rotatable bonds is 8. The second kappa shape index (κ2) is 8.92. The summed E-state index contributed by atoms with van der Waals surface area (Å²) >= 11 is 0. The van der Waals surface area contributed by atoms with Gasteiger partial charge in [0.1, 0.15) is 0 Å². The minimum Gasteiger partial charge on any atom is -0.389 e. The Morgan fingerprint density at radius 1 is 1.24 bits per heavy atom. The van der Waals surface area contributed by atoms with E-state index in [1.807, 2.05) is 0 Å². The lowest BCUT2D eigenvalue weighted by atomic mass is 9.85. The predicted octanol–water partition coefficient (Wildman–Crippen LogP) is 2.99. The number of aliphatic hydroxyl groups excluding tert-OH is 1. The van der Waals surface area contributed by atoms with Crippen LogP contribution in [0.5, 0.6) is 0 Å². The monoisotopic (exact) mass is 295 g/mol. The van der Waals surface area contributed by atoms with Crippen LogP contribution >= 0.6 is 0 Å². The van der Waals surface area contributed by atoms with Crippen LogP contribution in [-0.4, -0.2) is 37.5 Å². The van der Waals surface area contributed by atoms with E-state index in [1.54, 1.807) is 0 Å². The Morgan fingerprint density at radius 2 is 2.05 bits per heavy atom. The summed E-state index contributed by atoms with van der Waals surface area (Å²) in [7, 11) is 0. The third-order valence-electron chi connectivity index (χ3n) is 5.18. The molecule has 0 aromatic rings. The fourth-order valence-electron chi connectivity index (χ4n) is 3.62. The maximum Gasteiger partial charge on any atom is 0.0897 e. The van der Waals surface area contributed by atoms with Gasteiger partial charge in [-0.3, -0.25) is 0 Å². The molecule has 0 bridgehead atoms. The van der Waals surface area contributed by atoms with Crippen molar-refractivity contribution in [3.8, 4) is 0 Å². The number of allylic oxidation sites excluding steroid dienone is 2. The van der Waals surface area contributed by atoms with E-state index in [-0.39, 0.29) is 6.10 Å². The van der Waals surface area contributed by atoms with Crippen LogP contribution in [0.15, 0.2) is 12.2 Å². The van der Waals surface area contributed by atoms with Crippen LogP contribution in [0, 0.1) is 23.7 Å². The van der Waals surface area contributed by atoms with E-state index >= 15 is 0 Å². The Kier molecular flexibility index (Phi) is 7.21. The molecule has 0 radical (unpaired) electrons. The van der Waals surface area contributed by atoms with E-state index in [0.717, 1.165) is 37.8 Å². The molecular weight excluding hydrogens is 262 g/mol. The molecular formula is C18H33NO2. The average molecular weight is 295 g/mol. The molecule has 1 fully saturated rings. The minimum atomic E-state index is -0.377. The standard InChI is InChI=1S/C18H33NO2/c1-14-7-8-16(9-14)10-19-11-18(20)13-21-12-17-6-4-3-5-15(17)2/h3-4,14-20H,5-13H2,1-2H3. The summed E-state index contributed by atoms with van der Waals surface area (Å²) in [5.74, 6) is 3.02. The summed E-state index contributed by atoms with van der Waals surface area (Å²) in [6.07, 6.45) is 10.5. The van der Waals surface area contributed by atoms with Crippen LogP contribution in [0.3, 0.4) is 0 Å². The van der Waals surface area contributed by atoms with Gasteiger partial charge in [0.25, 0.3) is 0 Å². The Balaban J connectivity index is 1.49. The van der Waals surface area contributed by atoms with Crippen molar-refractivity contribution in [2.24, 2.45) is 23.7 Å². The molecule has 0 aliphatic heterocycles. The third-order valence-corrected chi connectivity index (χ3v) is 5.18. The SMILES string of the molecule is CC1CCC(CNCC(O)COCC2CC=CCC2C)C1. The topological polar surface area (TPSA) is 41.5 Å². The van der Waals surface area contributed by atoms with Crippen molar-refractivity contribution < 1.29 is 9.84 Å². The number of aliphatic hydroxyl groups is 1. The molecule has 5 atom stereocenters. The molecule has 2 N–H and O–H groups in total. The summed E-state index contributed by atoms with van der Waals surface area (Å²) in [6, 6.07) is 0. The highest BCUT2D eigenvalue weighted by Gasteiger charge is 2.21. The Labute approximate surface area is 130 Å². The van der Waals surface area contributed by atoms with Gasteiger partial charge >= 0.3 is 0 Å². The average Bonchev–Trinajstić information content (AvgIpc) is 2.87. The quantitative estimate of drug-likeness (QED) is 0.676. The predicted molar refractivity (Wildman–Crippen MR) is 87.2 cm³/mol. The Bertz CT molecular complexity index is 318. The van der Waals surface area contributed by atoms with E-state index < -0.39 is 0 Å². The zero-order valence-corrected chi connectivity index (χ0v) is 13.8. The Morgan fingerprint density at radius 3 is 2.76 bits per heavy atom. The zero-order valence-electron chi connectivity index (χ0n) is 13.8. The molecule has 5 unspecified atom stereocenters. The molecule has 0 amide bonds. The van der Waals surface area contributed by atoms with Crippen LogP contribution in [0.25, 0.3) is 0 Å². The molecule has 2 aliphatic rings. The third kappa shape index (κ3) is 6.09. The van der Waals surface area contributed by atoms with Gasteiger partial charge in [-0.1, -0.05) is 32.4 Å². The smallest absolute Gasteiger partial charge is 0.0897 e. The number of nitrogens with one attached hydrogen (secondary N) is 1. The van der Waals surface area contributed by atoms with Crippen molar-refractivity contribution in [1.82, 2.24) is 5.32 Å². The highest BCUT2D eigenvalue weighted by atomic mass is 16.5. The van der Waals surface area contributed by atoms with E-state index in [9.17, 15) is 5.11 Å². The maximum atomic E-state index is 9.97. The normalized spacial score (nSPS) is 34.2. The van der Waals surface area contributed by atoms with E-state index in [1.165, 1.54) is 19.3 Å². The molecule has 3 nitrogen and oxygen atoms in total. The van der Waals surface area contributed by atoms with Crippen LogP contribution in [-0.2, 0) is 4.74 Å². The summed E-state index contributed by atoms with van der Waals surface area (Å²) in [5, 5.41) is 13.4. The van der Waals surface area contributed by atoms with Crippen LogP contribution in [0.2, 0.25) is 0 Å². The fourth-order valence-corrected chi connectivity index (χ4v) is 3.62. The van der Waals surface area contributed by atoms with Crippen LogP contribution in [0.4, 0.5) is 0 Å². The second-order valence-electron chi connectivity index (χ2n) is 7.31. The highest BCUT2D eigenvalue weighted by molar-refractivity contribution is 4.93. The fraction of sp³-hybridized carbons (Fsp3) is 0.889. The molecule has 21 heavy (non-hydrogen) atoms. The lowest BCUT2D eigenvalue weighted by Crippen LogP contribution is -2.34. The molecule has 0 aromatic heterocycles. The second-order valence-corrected chi connectivity index (χ2v) is 7.31. The minimum absolute atomic E-state index is 0.377. The van der Waals surface area contributed by atoms with Gasteiger partial charge in [0, 0.05) is 6.54 Å². The van der Waals surface area contributed by atoms with Crippen LogP contribution < -0.4 is 5.32 Å². The molecule has 2 rings (SSSR count). The number of hydrogen-bond acceptors (Lipinski definition) is 3. The van der Waals surface area contributed by atoms with Crippen molar-refractivity contribution >= 4 is 0 Å². The molecule has 122 valence electrons. The van der Waals surface area contributed by atoms with Gasteiger partial charge in [-0.15, -0.1) is 0 Å². The maximum absolute atomic E-state index is 9.97. The van der Waals surface area contributed by atoms with Gasteiger partial charge in [0.2, 0.25) is 0 Å². The van der Waals surface area contributed by atoms with Crippen LogP contribution in [0.1, 0.15) is 46.0 Å². The molecule has 1 saturated carbocycles. The first kappa shape index (κ1) is 17.0. The largest absolute Gasteiger partial charge is 0.389 e. The van der Waals surface area contributed by atoms with E-state index in [2.05, 4.69) is 31.3 Å². The van der Waals surface area contributed by atoms with Gasteiger partial charge in [0.15, 0.2) is 0 Å². The summed E-state index contributed by atoms with van der Waals surface area (Å²) in [4.78, 5) is 0. The summed E-state index contributed by atoms with van der Waals surface area (Å²) in [6.45, 7) is 7.57. The zero-order chi connectivity index (χ0) is 15.1. The van der Waals surface area contributed by atoms with Gasteiger partial charge < -0.3 is 15.2 Å². The Hall–Kier alpha value is -0.380. The first-order valence-electron chi connectivity index (χ1n) is 8.76. The molecule has 2 aliphatic carbocycles. The van der Waals surface area contributed by atoms with Crippen molar-refractivity contribution in [2.75, 3.05) is 26.3 Å². The lowest BCUT2D eigenvalue weighted by Gasteiger charge is -2.25. The van der Waals surface area contributed by atoms with Gasteiger partial charge in [0.05, 0.1) is 19.3 Å². The van der Waals surface area contributed by atoms with Gasteiger partial charge in [-0.2, -0.15) is 0 Å². The first-order chi connectivity index (χ1) is 10.1. The summed E-state index contributed by atoms with van der Waals surface area (Å²) in [5.41, 5.74) is 0. The first-order valence-corrected chi connectivity index (χ1v) is 8.76. The van der Waals surface area contributed by atoms with Gasteiger partial charge in [-0.25, -0.2) is 0 Å². The van der Waals surface area contributed by atoms with Gasteiger partial charge in [-0.05, 0) is 55.9 Å². The van der Waals surface area contributed by atoms with E-state index in [0.29, 0.717) is 25.0 Å². The van der Waals surface area contributed by atoms with Crippen molar-refractivity contribution in [3.63, 3.8) is 0 Å². The number of hydrogen-bond donors (Lipinski definition) is 2. The number of ether oxygens (including phenoxy) is 1. The van der Waals surface area contributed by atoms with Crippen molar-refractivity contribution in [2.45, 2.75) is 52.1 Å². The lowest BCUT2D eigenvalue weighted by molar-refractivity contribution is 0.0126. The highest BCUT2D eigenvalue weighted by Crippen LogP contribution is 2.29. The molecule has 0 heterocycles. The van der Waals surface area contributed by atoms with Crippen molar-refractivity contribution in [3.05, 3.63) is 12.2 Å². The molecule has 0 aromatic carbocycles. The summed E-state index contributed by atoms with van der Waals surface area (Å²) < 4.78 is 5.72. The van der Waals surface area contributed by atoms with E-state index in [4.69, 9.17) is 4.74 Å². The van der Waals surface area contributed by atoms with Crippen molar-refractivity contribution in [1.29, 1.82) is 0 Å². The molecule has 0 spiro atoms. The molecule has 0 saturated heterocycles. The molecule has 3 heteroatoms.